The van der Waals surface area contributed by atoms with Crippen LogP contribution < -0.4 is 5.32 Å². The Bertz CT molecular complexity index is 394. The Morgan fingerprint density at radius 3 is 2.72 bits per heavy atom. The molecule has 0 aliphatic carbocycles. The standard InChI is InChI=1S/C13H21N3O2/c1-4-13(14-8-9-15(2)3)11-6-5-7-12(10-11)16(17)18/h5-7,10,13-14H,4,8-9H2,1-3H3. The minimum absolute atomic E-state index is 0.153. The smallest absolute Gasteiger partial charge is 0.269 e. The molecule has 1 aromatic carbocycles. The minimum Gasteiger partial charge on any atom is -0.309 e. The number of benzene rings is 1. The number of nitrogens with one attached hydrogen (secondary N) is 1. The molecule has 1 atom stereocenters. The highest BCUT2D eigenvalue weighted by molar-refractivity contribution is 5.35. The molecular weight excluding hydrogens is 230 g/mol. The van der Waals surface area contributed by atoms with Gasteiger partial charge in [-0.25, -0.2) is 0 Å². The molecular formula is C13H21N3O2. The van der Waals surface area contributed by atoms with Gasteiger partial charge in [0.2, 0.25) is 0 Å². The third-order valence-electron chi connectivity index (χ3n) is 2.84. The zero-order chi connectivity index (χ0) is 13.5. The van der Waals surface area contributed by atoms with Crippen molar-refractivity contribution < 1.29 is 4.92 Å². The lowest BCUT2D eigenvalue weighted by Crippen LogP contribution is -2.29. The molecule has 0 fully saturated rings. The van der Waals surface area contributed by atoms with E-state index in [4.69, 9.17) is 0 Å². The molecule has 0 spiro atoms. The third kappa shape index (κ3) is 4.43. The van der Waals surface area contributed by atoms with E-state index in [1.807, 2.05) is 20.2 Å². The van der Waals surface area contributed by atoms with Crippen LogP contribution in [0, 0.1) is 10.1 Å². The maximum absolute atomic E-state index is 10.7. The number of rotatable bonds is 7. The second-order valence-corrected chi connectivity index (χ2v) is 4.57. The summed E-state index contributed by atoms with van der Waals surface area (Å²) in [6.07, 6.45) is 0.911. The first-order valence-electron chi connectivity index (χ1n) is 6.17. The van der Waals surface area contributed by atoms with Crippen molar-refractivity contribution in [3.8, 4) is 0 Å². The minimum atomic E-state index is -0.351. The Kier molecular flexibility index (Phi) is 5.74. The van der Waals surface area contributed by atoms with Crippen LogP contribution in [0.1, 0.15) is 24.9 Å². The summed E-state index contributed by atoms with van der Waals surface area (Å²) in [5.41, 5.74) is 1.13. The van der Waals surface area contributed by atoms with Crippen LogP contribution >= 0.6 is 0 Å². The van der Waals surface area contributed by atoms with Crippen molar-refractivity contribution in [2.75, 3.05) is 27.2 Å². The van der Waals surface area contributed by atoms with E-state index in [1.165, 1.54) is 6.07 Å². The summed E-state index contributed by atoms with van der Waals surface area (Å²) in [4.78, 5) is 12.5. The van der Waals surface area contributed by atoms with Crippen LogP contribution in [0.2, 0.25) is 0 Å². The SMILES string of the molecule is CCC(NCCN(C)C)c1cccc([N+](=O)[O-])c1. The summed E-state index contributed by atoms with van der Waals surface area (Å²) in [6, 6.07) is 7.02. The van der Waals surface area contributed by atoms with E-state index >= 15 is 0 Å². The maximum atomic E-state index is 10.7. The van der Waals surface area contributed by atoms with Gasteiger partial charge in [0.25, 0.3) is 5.69 Å². The van der Waals surface area contributed by atoms with Gasteiger partial charge in [-0.05, 0) is 26.1 Å². The summed E-state index contributed by atoms with van der Waals surface area (Å²) in [5, 5.41) is 14.2. The Hall–Kier alpha value is -1.46. The lowest BCUT2D eigenvalue weighted by Gasteiger charge is -2.19. The number of nitro benzene ring substituents is 1. The van der Waals surface area contributed by atoms with Crippen LogP contribution in [0.5, 0.6) is 0 Å². The normalized spacial score (nSPS) is 12.7. The fourth-order valence-electron chi connectivity index (χ4n) is 1.82. The molecule has 100 valence electrons. The molecule has 0 saturated heterocycles. The first-order chi connectivity index (χ1) is 8.54. The van der Waals surface area contributed by atoms with Gasteiger partial charge >= 0.3 is 0 Å². The van der Waals surface area contributed by atoms with Crippen molar-refractivity contribution in [3.05, 3.63) is 39.9 Å². The Labute approximate surface area is 108 Å². The van der Waals surface area contributed by atoms with Crippen molar-refractivity contribution in [1.82, 2.24) is 10.2 Å². The quantitative estimate of drug-likeness (QED) is 0.596. The molecule has 5 nitrogen and oxygen atoms in total. The van der Waals surface area contributed by atoms with Crippen LogP contribution in [0.15, 0.2) is 24.3 Å². The zero-order valence-corrected chi connectivity index (χ0v) is 11.2. The maximum Gasteiger partial charge on any atom is 0.269 e. The van der Waals surface area contributed by atoms with Gasteiger partial charge in [0.1, 0.15) is 0 Å². The average Bonchev–Trinajstić information content (AvgIpc) is 2.34. The molecule has 1 aromatic rings. The molecule has 0 amide bonds. The summed E-state index contributed by atoms with van der Waals surface area (Å²) in [6.45, 7) is 3.89. The number of nitrogens with zero attached hydrogens (tertiary/aromatic N) is 2. The third-order valence-corrected chi connectivity index (χ3v) is 2.84. The van der Waals surface area contributed by atoms with Gasteiger partial charge in [-0.15, -0.1) is 0 Å². The van der Waals surface area contributed by atoms with Crippen LogP contribution in [0.3, 0.4) is 0 Å². The molecule has 0 bridgehead atoms. The van der Waals surface area contributed by atoms with E-state index in [2.05, 4.69) is 17.1 Å². The fraction of sp³-hybridized carbons (Fsp3) is 0.538. The Morgan fingerprint density at radius 1 is 1.44 bits per heavy atom. The summed E-state index contributed by atoms with van der Waals surface area (Å²) >= 11 is 0. The number of hydrogen-bond donors (Lipinski definition) is 1. The second kappa shape index (κ2) is 7.08. The topological polar surface area (TPSA) is 58.4 Å². The molecule has 0 saturated carbocycles. The van der Waals surface area contributed by atoms with Gasteiger partial charge in [-0.3, -0.25) is 10.1 Å². The predicted molar refractivity (Wildman–Crippen MR) is 72.7 cm³/mol. The van der Waals surface area contributed by atoms with Gasteiger partial charge in [-0.1, -0.05) is 19.1 Å². The summed E-state index contributed by atoms with van der Waals surface area (Å²) in [7, 11) is 4.05. The van der Waals surface area contributed by atoms with Gasteiger partial charge in [0.15, 0.2) is 0 Å². The van der Waals surface area contributed by atoms with Crippen LogP contribution in [0.25, 0.3) is 0 Å². The number of nitro groups is 1. The number of hydrogen-bond acceptors (Lipinski definition) is 4. The monoisotopic (exact) mass is 251 g/mol. The summed E-state index contributed by atoms with van der Waals surface area (Å²) < 4.78 is 0. The number of likely N-dealkylation sites (N-methyl/N-ethyl adjacent to an activating group) is 1. The fourth-order valence-corrected chi connectivity index (χ4v) is 1.82. The number of non-ortho nitro benzene ring substituents is 1. The molecule has 1 rings (SSSR count). The van der Waals surface area contributed by atoms with Crippen molar-refractivity contribution in [3.63, 3.8) is 0 Å². The second-order valence-electron chi connectivity index (χ2n) is 4.57. The molecule has 0 heterocycles. The van der Waals surface area contributed by atoms with Crippen molar-refractivity contribution in [1.29, 1.82) is 0 Å². The average molecular weight is 251 g/mol. The first kappa shape index (κ1) is 14.6. The van der Waals surface area contributed by atoms with E-state index in [9.17, 15) is 10.1 Å². The molecule has 18 heavy (non-hydrogen) atoms. The van der Waals surface area contributed by atoms with Crippen molar-refractivity contribution >= 4 is 5.69 Å². The van der Waals surface area contributed by atoms with Crippen LogP contribution in [0.4, 0.5) is 5.69 Å². The van der Waals surface area contributed by atoms with E-state index in [0.717, 1.165) is 25.1 Å². The molecule has 1 unspecified atom stereocenters. The van der Waals surface area contributed by atoms with E-state index in [0.29, 0.717) is 0 Å². The highest BCUT2D eigenvalue weighted by atomic mass is 16.6. The van der Waals surface area contributed by atoms with E-state index < -0.39 is 0 Å². The first-order valence-corrected chi connectivity index (χ1v) is 6.17. The molecule has 1 N–H and O–H groups in total. The van der Waals surface area contributed by atoms with Gasteiger partial charge < -0.3 is 10.2 Å². The molecule has 0 aromatic heterocycles. The van der Waals surface area contributed by atoms with E-state index in [1.54, 1.807) is 12.1 Å². The van der Waals surface area contributed by atoms with E-state index in [-0.39, 0.29) is 16.7 Å². The largest absolute Gasteiger partial charge is 0.309 e. The highest BCUT2D eigenvalue weighted by Crippen LogP contribution is 2.21. The molecule has 5 heteroatoms. The van der Waals surface area contributed by atoms with Gasteiger partial charge in [0.05, 0.1) is 4.92 Å². The van der Waals surface area contributed by atoms with Crippen LogP contribution in [-0.4, -0.2) is 37.0 Å². The molecule has 0 aliphatic heterocycles. The van der Waals surface area contributed by atoms with Gasteiger partial charge in [-0.2, -0.15) is 0 Å². The molecule has 0 aliphatic rings. The van der Waals surface area contributed by atoms with Crippen molar-refractivity contribution in [2.24, 2.45) is 0 Å². The zero-order valence-electron chi connectivity index (χ0n) is 11.2. The van der Waals surface area contributed by atoms with Crippen molar-refractivity contribution in [2.45, 2.75) is 19.4 Å². The Morgan fingerprint density at radius 2 is 2.17 bits per heavy atom. The lowest BCUT2D eigenvalue weighted by atomic mass is 10.0. The van der Waals surface area contributed by atoms with Crippen LogP contribution in [-0.2, 0) is 0 Å². The highest BCUT2D eigenvalue weighted by Gasteiger charge is 2.12. The Balaban J connectivity index is 2.69. The lowest BCUT2D eigenvalue weighted by molar-refractivity contribution is -0.384. The predicted octanol–water partition coefficient (Wildman–Crippen LogP) is 2.20. The summed E-state index contributed by atoms with van der Waals surface area (Å²) in [5.74, 6) is 0. The van der Waals surface area contributed by atoms with Gasteiger partial charge in [0, 0.05) is 31.3 Å². The molecule has 0 radical (unpaired) electrons.